The van der Waals surface area contributed by atoms with Crippen LogP contribution < -0.4 is 5.32 Å². The zero-order valence-corrected chi connectivity index (χ0v) is 14.8. The van der Waals surface area contributed by atoms with Crippen LogP contribution in [0.25, 0.3) is 0 Å². The molecule has 1 atom stereocenters. The second-order valence-corrected chi connectivity index (χ2v) is 5.84. The third-order valence-corrected chi connectivity index (χ3v) is 3.95. The normalized spacial score (nSPS) is 11.7. The molecule has 2 rings (SSSR count). The molecule has 132 valence electrons. The molecule has 1 aromatic carbocycles. The van der Waals surface area contributed by atoms with Crippen molar-refractivity contribution in [1.82, 2.24) is 4.98 Å². The summed E-state index contributed by atoms with van der Waals surface area (Å²) in [6, 6.07) is 8.96. The molecule has 2 N–H and O–H groups in total. The number of Topliss-reactive ketones (excluding diaryl/α,β-unsaturated/α-hetero) is 1. The van der Waals surface area contributed by atoms with Crippen LogP contribution in [0.1, 0.15) is 52.4 Å². The number of hydrogen-bond donors (Lipinski definition) is 2. The van der Waals surface area contributed by atoms with Crippen LogP contribution in [0.2, 0.25) is 0 Å². The van der Waals surface area contributed by atoms with Crippen LogP contribution in [0.5, 0.6) is 0 Å². The molecule has 0 saturated carbocycles. The number of amides is 1. The molecule has 1 amide bonds. The van der Waals surface area contributed by atoms with Gasteiger partial charge >= 0.3 is 5.97 Å². The zero-order chi connectivity index (χ0) is 18.6. The van der Waals surface area contributed by atoms with Crippen LogP contribution in [0, 0.1) is 13.8 Å². The lowest BCUT2D eigenvalue weighted by molar-refractivity contribution is -0.124. The number of aryl methyl sites for hydroxylation is 1. The van der Waals surface area contributed by atoms with Gasteiger partial charge in [-0.25, -0.2) is 4.79 Å². The third kappa shape index (κ3) is 4.15. The highest BCUT2D eigenvalue weighted by Gasteiger charge is 2.26. The van der Waals surface area contributed by atoms with Crippen molar-refractivity contribution in [2.45, 2.75) is 40.2 Å². The lowest BCUT2D eigenvalue weighted by atomic mass is 10.1. The van der Waals surface area contributed by atoms with Gasteiger partial charge in [-0.15, -0.1) is 0 Å². The molecular weight excluding hydrogens is 320 g/mol. The maximum absolute atomic E-state index is 12.4. The van der Waals surface area contributed by atoms with Gasteiger partial charge in [-0.1, -0.05) is 25.1 Å². The number of anilines is 1. The Morgan fingerprint density at radius 3 is 2.32 bits per heavy atom. The van der Waals surface area contributed by atoms with Crippen molar-refractivity contribution in [2.75, 3.05) is 5.32 Å². The number of aromatic nitrogens is 1. The molecule has 6 heteroatoms. The number of H-pyrrole nitrogens is 1. The Morgan fingerprint density at radius 2 is 1.80 bits per heavy atom. The second-order valence-electron chi connectivity index (χ2n) is 5.84. The number of carbonyl (C=O) groups is 3. The third-order valence-electron chi connectivity index (χ3n) is 3.95. The standard InChI is InChI=1S/C19H22N2O4/c1-5-15(18(23)21-14-9-7-6-8-10-14)25-19(24)17-11(2)16(13(4)22)12(3)20-17/h6-10,15,20H,5H2,1-4H3,(H,21,23)/t15-/m0/s1. The Hall–Kier alpha value is -2.89. The fourth-order valence-corrected chi connectivity index (χ4v) is 2.74. The van der Waals surface area contributed by atoms with Gasteiger partial charge < -0.3 is 15.0 Å². The topological polar surface area (TPSA) is 88.3 Å². The number of esters is 1. The van der Waals surface area contributed by atoms with Crippen LogP contribution >= 0.6 is 0 Å². The number of carbonyl (C=O) groups excluding carboxylic acids is 3. The summed E-state index contributed by atoms with van der Waals surface area (Å²) in [5, 5.41) is 2.72. The van der Waals surface area contributed by atoms with Crippen molar-refractivity contribution in [3.63, 3.8) is 0 Å². The van der Waals surface area contributed by atoms with Gasteiger partial charge in [0.1, 0.15) is 5.69 Å². The molecule has 0 aliphatic carbocycles. The van der Waals surface area contributed by atoms with E-state index in [1.54, 1.807) is 45.0 Å². The molecule has 0 bridgehead atoms. The van der Waals surface area contributed by atoms with Crippen LogP contribution in [0.3, 0.4) is 0 Å². The SMILES string of the molecule is CC[C@H](OC(=O)c1[nH]c(C)c(C(C)=O)c1C)C(=O)Nc1ccccc1. The van der Waals surface area contributed by atoms with Gasteiger partial charge in [0.15, 0.2) is 11.9 Å². The van der Waals surface area contributed by atoms with Gasteiger partial charge in [-0.3, -0.25) is 9.59 Å². The number of benzene rings is 1. The summed E-state index contributed by atoms with van der Waals surface area (Å²) in [7, 11) is 0. The summed E-state index contributed by atoms with van der Waals surface area (Å²) >= 11 is 0. The maximum atomic E-state index is 12.4. The van der Waals surface area contributed by atoms with Crippen LogP contribution in [0.4, 0.5) is 5.69 Å². The molecule has 6 nitrogen and oxygen atoms in total. The molecule has 0 fully saturated rings. The van der Waals surface area contributed by atoms with E-state index in [9.17, 15) is 14.4 Å². The monoisotopic (exact) mass is 342 g/mol. The molecule has 0 saturated heterocycles. The lowest BCUT2D eigenvalue weighted by Gasteiger charge is -2.16. The van der Waals surface area contributed by atoms with Crippen LogP contribution in [0.15, 0.2) is 30.3 Å². The Balaban J connectivity index is 2.13. The Kier molecular flexibility index (Phi) is 5.75. The highest BCUT2D eigenvalue weighted by Crippen LogP contribution is 2.20. The van der Waals surface area contributed by atoms with E-state index in [1.807, 2.05) is 6.07 Å². The molecule has 0 unspecified atom stereocenters. The van der Waals surface area contributed by atoms with Crippen molar-refractivity contribution >= 4 is 23.3 Å². The summed E-state index contributed by atoms with van der Waals surface area (Å²) in [6.45, 7) is 6.61. The van der Waals surface area contributed by atoms with Gasteiger partial charge in [0, 0.05) is 16.9 Å². The minimum absolute atomic E-state index is 0.126. The van der Waals surface area contributed by atoms with E-state index in [0.29, 0.717) is 28.9 Å². The molecule has 0 radical (unpaired) electrons. The molecular formula is C19H22N2O4. The predicted molar refractivity (Wildman–Crippen MR) is 94.8 cm³/mol. The number of ketones is 1. The summed E-state index contributed by atoms with van der Waals surface area (Å²) in [4.78, 5) is 39.3. The summed E-state index contributed by atoms with van der Waals surface area (Å²) < 4.78 is 5.36. The summed E-state index contributed by atoms with van der Waals surface area (Å²) in [5.41, 5.74) is 2.46. The maximum Gasteiger partial charge on any atom is 0.355 e. The smallest absolute Gasteiger partial charge is 0.355 e. The Morgan fingerprint density at radius 1 is 1.16 bits per heavy atom. The Labute approximate surface area is 146 Å². The highest BCUT2D eigenvalue weighted by atomic mass is 16.5. The fourth-order valence-electron chi connectivity index (χ4n) is 2.74. The molecule has 2 aromatic rings. The molecule has 1 heterocycles. The Bertz CT molecular complexity index is 793. The number of para-hydroxylation sites is 1. The molecule has 0 aliphatic rings. The highest BCUT2D eigenvalue weighted by molar-refractivity contribution is 6.02. The van der Waals surface area contributed by atoms with Crippen molar-refractivity contribution in [1.29, 1.82) is 0 Å². The molecule has 1 aromatic heterocycles. The van der Waals surface area contributed by atoms with E-state index < -0.39 is 18.0 Å². The minimum Gasteiger partial charge on any atom is -0.448 e. The quantitative estimate of drug-likeness (QED) is 0.622. The van der Waals surface area contributed by atoms with E-state index >= 15 is 0 Å². The van der Waals surface area contributed by atoms with Crippen molar-refractivity contribution < 1.29 is 19.1 Å². The van der Waals surface area contributed by atoms with Gasteiger partial charge in [-0.05, 0) is 44.9 Å². The van der Waals surface area contributed by atoms with E-state index in [-0.39, 0.29) is 11.5 Å². The lowest BCUT2D eigenvalue weighted by Crippen LogP contribution is -2.32. The first-order chi connectivity index (χ1) is 11.8. The average Bonchev–Trinajstić information content (AvgIpc) is 2.87. The first-order valence-corrected chi connectivity index (χ1v) is 8.12. The van der Waals surface area contributed by atoms with Crippen LogP contribution in [-0.2, 0) is 9.53 Å². The molecule has 0 aliphatic heterocycles. The predicted octanol–water partition coefficient (Wildman–Crippen LogP) is 3.41. The molecule has 25 heavy (non-hydrogen) atoms. The zero-order valence-electron chi connectivity index (χ0n) is 14.8. The van der Waals surface area contributed by atoms with E-state index in [2.05, 4.69) is 10.3 Å². The summed E-state index contributed by atoms with van der Waals surface area (Å²) in [6.07, 6.45) is -0.584. The first-order valence-electron chi connectivity index (χ1n) is 8.12. The first kappa shape index (κ1) is 18.4. The van der Waals surface area contributed by atoms with Crippen molar-refractivity contribution in [3.05, 3.63) is 52.8 Å². The van der Waals surface area contributed by atoms with Crippen molar-refractivity contribution in [3.8, 4) is 0 Å². The number of aromatic amines is 1. The largest absolute Gasteiger partial charge is 0.448 e. The second kappa shape index (κ2) is 7.79. The van der Waals surface area contributed by atoms with Gasteiger partial charge in [0.2, 0.25) is 0 Å². The summed E-state index contributed by atoms with van der Waals surface area (Å²) in [5.74, 6) is -1.17. The van der Waals surface area contributed by atoms with Gasteiger partial charge in [0.05, 0.1) is 0 Å². The van der Waals surface area contributed by atoms with E-state index in [0.717, 1.165) is 0 Å². The van der Waals surface area contributed by atoms with E-state index in [1.165, 1.54) is 6.92 Å². The number of ether oxygens (including phenoxy) is 1. The number of nitrogens with one attached hydrogen (secondary N) is 2. The minimum atomic E-state index is -0.920. The average molecular weight is 342 g/mol. The number of hydrogen-bond acceptors (Lipinski definition) is 4. The van der Waals surface area contributed by atoms with Crippen LogP contribution in [-0.4, -0.2) is 28.7 Å². The fraction of sp³-hybridized carbons (Fsp3) is 0.316. The van der Waals surface area contributed by atoms with E-state index in [4.69, 9.17) is 4.74 Å². The molecule has 0 spiro atoms. The number of rotatable bonds is 6. The van der Waals surface area contributed by atoms with Gasteiger partial charge in [-0.2, -0.15) is 0 Å². The van der Waals surface area contributed by atoms with Gasteiger partial charge in [0.25, 0.3) is 5.91 Å². The van der Waals surface area contributed by atoms with Crippen molar-refractivity contribution in [2.24, 2.45) is 0 Å².